The Balaban J connectivity index is 2.96. The largest absolute Gasteiger partial charge is 0.504 e. The summed E-state index contributed by atoms with van der Waals surface area (Å²) in [5, 5.41) is 27.2. The standard InChI is InChI=1S/C8H9ClO3/c9-4-8(12)5-1-2-6(10)7(11)3-5/h1-3,8,10-12H,4H2/t8-/m0/s1. The van der Waals surface area contributed by atoms with Crippen LogP contribution in [0, 0.1) is 0 Å². The Kier molecular flexibility index (Phi) is 2.78. The number of halogens is 1. The van der Waals surface area contributed by atoms with E-state index in [0.717, 1.165) is 0 Å². The molecule has 0 unspecified atom stereocenters. The Morgan fingerprint density at radius 1 is 1.25 bits per heavy atom. The van der Waals surface area contributed by atoms with Crippen LogP contribution >= 0.6 is 11.6 Å². The first kappa shape index (κ1) is 9.16. The van der Waals surface area contributed by atoms with Crippen molar-refractivity contribution in [3.8, 4) is 11.5 Å². The maximum atomic E-state index is 9.22. The number of aliphatic hydroxyl groups excluding tert-OH is 1. The van der Waals surface area contributed by atoms with E-state index in [0.29, 0.717) is 5.56 Å². The molecular formula is C8H9ClO3. The van der Waals surface area contributed by atoms with Crippen molar-refractivity contribution < 1.29 is 15.3 Å². The topological polar surface area (TPSA) is 60.7 Å². The Labute approximate surface area is 74.8 Å². The number of hydrogen-bond acceptors (Lipinski definition) is 3. The average molecular weight is 189 g/mol. The summed E-state index contributed by atoms with van der Waals surface area (Å²) in [6, 6.07) is 4.09. The maximum Gasteiger partial charge on any atom is 0.157 e. The molecule has 66 valence electrons. The van der Waals surface area contributed by atoms with Gasteiger partial charge in [0.15, 0.2) is 11.5 Å². The van der Waals surface area contributed by atoms with Gasteiger partial charge in [0.25, 0.3) is 0 Å². The Morgan fingerprint density at radius 2 is 1.92 bits per heavy atom. The van der Waals surface area contributed by atoms with Crippen LogP contribution in [0.1, 0.15) is 11.7 Å². The number of aliphatic hydroxyl groups is 1. The summed E-state index contributed by atoms with van der Waals surface area (Å²) in [6.45, 7) is 0. The summed E-state index contributed by atoms with van der Waals surface area (Å²) in [4.78, 5) is 0. The minimum absolute atomic E-state index is 0.0597. The molecule has 0 saturated carbocycles. The molecule has 0 bridgehead atoms. The van der Waals surface area contributed by atoms with Gasteiger partial charge in [-0.15, -0.1) is 11.6 Å². The van der Waals surface area contributed by atoms with Crippen LogP contribution in [0.2, 0.25) is 0 Å². The molecule has 0 saturated heterocycles. The zero-order valence-electron chi connectivity index (χ0n) is 6.24. The summed E-state index contributed by atoms with van der Waals surface area (Å²) >= 11 is 5.38. The number of hydrogen-bond donors (Lipinski definition) is 3. The van der Waals surface area contributed by atoms with E-state index in [1.807, 2.05) is 0 Å². The third-order valence-corrected chi connectivity index (χ3v) is 1.82. The van der Waals surface area contributed by atoms with Crippen LogP contribution in [0.25, 0.3) is 0 Å². The summed E-state index contributed by atoms with van der Waals surface area (Å²) < 4.78 is 0. The molecule has 0 heterocycles. The van der Waals surface area contributed by atoms with Gasteiger partial charge in [-0.25, -0.2) is 0 Å². The van der Waals surface area contributed by atoms with Crippen LogP contribution < -0.4 is 0 Å². The van der Waals surface area contributed by atoms with E-state index in [1.165, 1.54) is 18.2 Å². The van der Waals surface area contributed by atoms with Crippen molar-refractivity contribution in [1.82, 2.24) is 0 Å². The molecule has 0 aliphatic heterocycles. The fourth-order valence-corrected chi connectivity index (χ4v) is 1.01. The predicted molar refractivity (Wildman–Crippen MR) is 45.5 cm³/mol. The molecule has 4 heteroatoms. The van der Waals surface area contributed by atoms with Gasteiger partial charge < -0.3 is 15.3 Å². The number of phenolic OH excluding ortho intramolecular Hbond substituents is 2. The lowest BCUT2D eigenvalue weighted by Crippen LogP contribution is -1.97. The fourth-order valence-electron chi connectivity index (χ4n) is 0.837. The summed E-state index contributed by atoms with van der Waals surface area (Å²) in [7, 11) is 0. The van der Waals surface area contributed by atoms with Gasteiger partial charge in [-0.05, 0) is 17.7 Å². The van der Waals surface area contributed by atoms with Crippen LogP contribution in [0.4, 0.5) is 0 Å². The van der Waals surface area contributed by atoms with Gasteiger partial charge in [0.2, 0.25) is 0 Å². The molecule has 0 aromatic heterocycles. The lowest BCUT2D eigenvalue weighted by atomic mass is 10.1. The predicted octanol–water partition coefficient (Wildman–Crippen LogP) is 1.37. The molecular weight excluding hydrogens is 180 g/mol. The van der Waals surface area contributed by atoms with E-state index < -0.39 is 6.10 Å². The van der Waals surface area contributed by atoms with E-state index in [1.54, 1.807) is 0 Å². The van der Waals surface area contributed by atoms with Gasteiger partial charge in [-0.2, -0.15) is 0 Å². The molecule has 12 heavy (non-hydrogen) atoms. The van der Waals surface area contributed by atoms with Crippen molar-refractivity contribution in [3.63, 3.8) is 0 Å². The fraction of sp³-hybridized carbons (Fsp3) is 0.250. The first-order valence-electron chi connectivity index (χ1n) is 3.41. The minimum atomic E-state index is -0.807. The Morgan fingerprint density at radius 3 is 2.42 bits per heavy atom. The van der Waals surface area contributed by atoms with E-state index in [-0.39, 0.29) is 17.4 Å². The van der Waals surface area contributed by atoms with Crippen LogP contribution in [0.5, 0.6) is 11.5 Å². The first-order valence-corrected chi connectivity index (χ1v) is 3.94. The SMILES string of the molecule is Oc1ccc([C@@H](O)CCl)cc1O. The molecule has 0 amide bonds. The molecule has 0 aliphatic rings. The van der Waals surface area contributed by atoms with Gasteiger partial charge in [0.05, 0.1) is 12.0 Å². The van der Waals surface area contributed by atoms with Gasteiger partial charge in [0.1, 0.15) is 0 Å². The van der Waals surface area contributed by atoms with Crippen molar-refractivity contribution in [2.45, 2.75) is 6.10 Å². The second kappa shape index (κ2) is 3.65. The monoisotopic (exact) mass is 188 g/mol. The molecule has 1 rings (SSSR count). The molecule has 1 atom stereocenters. The third-order valence-electron chi connectivity index (χ3n) is 1.53. The Hall–Kier alpha value is -0.930. The summed E-state index contributed by atoms with van der Waals surface area (Å²) in [6.07, 6.45) is -0.807. The maximum absolute atomic E-state index is 9.22. The van der Waals surface area contributed by atoms with Crippen molar-refractivity contribution in [1.29, 1.82) is 0 Å². The summed E-state index contributed by atoms with van der Waals surface area (Å²) in [5.41, 5.74) is 0.486. The van der Waals surface area contributed by atoms with Crippen molar-refractivity contribution in [3.05, 3.63) is 23.8 Å². The number of aromatic hydroxyl groups is 2. The molecule has 0 fully saturated rings. The normalized spacial score (nSPS) is 12.8. The molecule has 0 aliphatic carbocycles. The summed E-state index contributed by atoms with van der Waals surface area (Å²) in [5.74, 6) is -0.401. The quantitative estimate of drug-likeness (QED) is 0.485. The van der Waals surface area contributed by atoms with Crippen LogP contribution in [-0.2, 0) is 0 Å². The van der Waals surface area contributed by atoms with Crippen molar-refractivity contribution >= 4 is 11.6 Å². The second-order valence-corrected chi connectivity index (χ2v) is 2.73. The van der Waals surface area contributed by atoms with E-state index in [2.05, 4.69) is 0 Å². The van der Waals surface area contributed by atoms with E-state index >= 15 is 0 Å². The molecule has 3 N–H and O–H groups in total. The molecule has 3 nitrogen and oxygen atoms in total. The number of alkyl halides is 1. The molecule has 1 aromatic rings. The van der Waals surface area contributed by atoms with Gasteiger partial charge in [-0.3, -0.25) is 0 Å². The highest BCUT2D eigenvalue weighted by Gasteiger charge is 2.07. The average Bonchev–Trinajstić information content (AvgIpc) is 2.08. The van der Waals surface area contributed by atoms with Crippen LogP contribution in [0.3, 0.4) is 0 Å². The van der Waals surface area contributed by atoms with Crippen LogP contribution in [-0.4, -0.2) is 21.2 Å². The van der Waals surface area contributed by atoms with E-state index in [4.69, 9.17) is 21.8 Å². The first-order chi connectivity index (χ1) is 5.65. The smallest absolute Gasteiger partial charge is 0.157 e. The van der Waals surface area contributed by atoms with Crippen LogP contribution in [0.15, 0.2) is 18.2 Å². The van der Waals surface area contributed by atoms with Gasteiger partial charge >= 0.3 is 0 Å². The zero-order chi connectivity index (χ0) is 9.14. The molecule has 1 aromatic carbocycles. The second-order valence-electron chi connectivity index (χ2n) is 2.42. The highest BCUT2D eigenvalue weighted by Crippen LogP contribution is 2.27. The van der Waals surface area contributed by atoms with Crippen molar-refractivity contribution in [2.75, 3.05) is 5.88 Å². The highest BCUT2D eigenvalue weighted by molar-refractivity contribution is 6.18. The van der Waals surface area contributed by atoms with Crippen molar-refractivity contribution in [2.24, 2.45) is 0 Å². The minimum Gasteiger partial charge on any atom is -0.504 e. The Bertz CT molecular complexity index is 275. The highest BCUT2D eigenvalue weighted by atomic mass is 35.5. The molecule has 0 spiro atoms. The lowest BCUT2D eigenvalue weighted by molar-refractivity contribution is 0.202. The third kappa shape index (κ3) is 1.81. The number of phenols is 2. The van der Waals surface area contributed by atoms with Gasteiger partial charge in [-0.1, -0.05) is 6.07 Å². The molecule has 0 radical (unpaired) electrons. The van der Waals surface area contributed by atoms with Gasteiger partial charge in [0, 0.05) is 0 Å². The zero-order valence-corrected chi connectivity index (χ0v) is 6.99. The number of benzene rings is 1. The number of rotatable bonds is 2. The lowest BCUT2D eigenvalue weighted by Gasteiger charge is -2.07. The van der Waals surface area contributed by atoms with E-state index in [9.17, 15) is 5.11 Å².